The van der Waals surface area contributed by atoms with Crippen molar-refractivity contribution in [2.45, 2.75) is 0 Å². The number of hydrogen-bond acceptors (Lipinski definition) is 6. The number of hydrogen-bond donors (Lipinski definition) is 2. The van der Waals surface area contributed by atoms with Gasteiger partial charge in [-0.3, -0.25) is 4.79 Å². The van der Waals surface area contributed by atoms with E-state index < -0.39 is 0 Å². The van der Waals surface area contributed by atoms with E-state index >= 15 is 0 Å². The SMILES string of the molecule is CN(C)c1ccc(C(=O)Nc2cccc(Nc3cc(-c4cccc5c4oc4ccccc45)ncn3)c2)cc1. The van der Waals surface area contributed by atoms with Gasteiger partial charge in [0.15, 0.2) is 0 Å². The molecule has 2 heterocycles. The Morgan fingerprint density at radius 1 is 0.789 bits per heavy atom. The van der Waals surface area contributed by atoms with Crippen molar-refractivity contribution >= 4 is 50.7 Å². The third-order valence-corrected chi connectivity index (χ3v) is 6.39. The van der Waals surface area contributed by atoms with Crippen LogP contribution in [0.1, 0.15) is 10.4 Å². The van der Waals surface area contributed by atoms with Crippen LogP contribution in [-0.4, -0.2) is 30.0 Å². The van der Waals surface area contributed by atoms with Gasteiger partial charge in [0.2, 0.25) is 0 Å². The molecule has 0 saturated heterocycles. The second-order valence-corrected chi connectivity index (χ2v) is 9.17. The maximum Gasteiger partial charge on any atom is 0.255 e. The van der Waals surface area contributed by atoms with Crippen LogP contribution in [0.25, 0.3) is 33.2 Å². The Morgan fingerprint density at radius 3 is 2.39 bits per heavy atom. The maximum atomic E-state index is 12.8. The lowest BCUT2D eigenvalue weighted by atomic mass is 10.1. The highest BCUT2D eigenvalue weighted by Gasteiger charge is 2.13. The van der Waals surface area contributed by atoms with E-state index in [1.54, 1.807) is 0 Å². The summed E-state index contributed by atoms with van der Waals surface area (Å²) in [4.78, 5) is 23.7. The zero-order chi connectivity index (χ0) is 26.1. The molecule has 1 amide bonds. The Kier molecular flexibility index (Phi) is 5.94. The van der Waals surface area contributed by atoms with Gasteiger partial charge in [0.05, 0.1) is 5.69 Å². The fourth-order valence-electron chi connectivity index (χ4n) is 4.46. The standard InChI is InChI=1S/C31H25N5O2/c1-36(2)23-15-13-20(14-16-23)31(37)35-22-8-5-7-21(17-22)34-29-18-27(32-19-33-29)26-11-6-10-25-24-9-3-4-12-28(24)38-30(25)26/h3-19H,1-2H3,(H,35,37)(H,32,33,34). The molecule has 0 aliphatic rings. The number of benzene rings is 4. The highest BCUT2D eigenvalue weighted by atomic mass is 16.3. The van der Waals surface area contributed by atoms with E-state index in [1.165, 1.54) is 6.33 Å². The lowest BCUT2D eigenvalue weighted by molar-refractivity contribution is 0.102. The molecule has 0 fully saturated rings. The van der Waals surface area contributed by atoms with E-state index in [0.29, 0.717) is 17.1 Å². The van der Waals surface area contributed by atoms with Crippen molar-refractivity contribution in [3.8, 4) is 11.3 Å². The first-order chi connectivity index (χ1) is 18.5. The Bertz CT molecular complexity index is 1770. The number of carbonyl (C=O) groups excluding carboxylic acids is 1. The van der Waals surface area contributed by atoms with Gasteiger partial charge in [-0.2, -0.15) is 0 Å². The highest BCUT2D eigenvalue weighted by molar-refractivity contribution is 6.09. The molecule has 7 nitrogen and oxygen atoms in total. The van der Waals surface area contributed by atoms with Crippen LogP contribution in [0.15, 0.2) is 108 Å². The molecule has 7 heteroatoms. The Labute approximate surface area is 219 Å². The van der Waals surface area contributed by atoms with Crippen LogP contribution in [0, 0.1) is 0 Å². The van der Waals surface area contributed by atoms with Crippen molar-refractivity contribution < 1.29 is 9.21 Å². The maximum absolute atomic E-state index is 12.8. The molecular formula is C31H25N5O2. The molecule has 0 aliphatic carbocycles. The van der Waals surface area contributed by atoms with E-state index in [2.05, 4.69) is 32.7 Å². The summed E-state index contributed by atoms with van der Waals surface area (Å²) in [5.74, 6) is 0.460. The van der Waals surface area contributed by atoms with E-state index in [-0.39, 0.29) is 5.91 Å². The summed E-state index contributed by atoms with van der Waals surface area (Å²) in [5, 5.41) is 8.41. The Hall–Kier alpha value is -5.17. The van der Waals surface area contributed by atoms with Gasteiger partial charge in [-0.05, 0) is 54.6 Å². The second kappa shape index (κ2) is 9.71. The van der Waals surface area contributed by atoms with Crippen molar-refractivity contribution in [1.82, 2.24) is 9.97 Å². The topological polar surface area (TPSA) is 83.3 Å². The third-order valence-electron chi connectivity index (χ3n) is 6.39. The second-order valence-electron chi connectivity index (χ2n) is 9.17. The number of rotatable bonds is 6. The summed E-state index contributed by atoms with van der Waals surface area (Å²) in [7, 11) is 3.93. The summed E-state index contributed by atoms with van der Waals surface area (Å²) in [5.41, 5.74) is 6.37. The van der Waals surface area contributed by atoms with Gasteiger partial charge in [0.25, 0.3) is 5.91 Å². The molecule has 0 radical (unpaired) electrons. The fourth-order valence-corrected chi connectivity index (χ4v) is 4.46. The van der Waals surface area contributed by atoms with Gasteiger partial charge in [-0.1, -0.05) is 36.4 Å². The summed E-state index contributed by atoms with van der Waals surface area (Å²) in [6, 6.07) is 31.0. The van der Waals surface area contributed by atoms with E-state index in [1.807, 2.05) is 104 Å². The molecule has 186 valence electrons. The lowest BCUT2D eigenvalue weighted by Crippen LogP contribution is -2.13. The zero-order valence-corrected chi connectivity index (χ0v) is 21.0. The van der Waals surface area contributed by atoms with Gasteiger partial charge in [-0.15, -0.1) is 0 Å². The van der Waals surface area contributed by atoms with Crippen LogP contribution >= 0.6 is 0 Å². The number of nitrogens with one attached hydrogen (secondary N) is 2. The third kappa shape index (κ3) is 4.53. The van der Waals surface area contributed by atoms with E-state index in [4.69, 9.17) is 4.42 Å². The van der Waals surface area contributed by atoms with Crippen molar-refractivity contribution in [2.24, 2.45) is 0 Å². The quantitative estimate of drug-likeness (QED) is 0.254. The van der Waals surface area contributed by atoms with Crippen molar-refractivity contribution in [3.05, 3.63) is 109 Å². The smallest absolute Gasteiger partial charge is 0.255 e. The molecule has 0 spiro atoms. The average molecular weight is 500 g/mol. The number of fused-ring (bicyclic) bond motifs is 3. The van der Waals surface area contributed by atoms with Crippen LogP contribution in [-0.2, 0) is 0 Å². The molecule has 2 N–H and O–H groups in total. The summed E-state index contributed by atoms with van der Waals surface area (Å²) in [6.45, 7) is 0. The molecule has 2 aromatic heterocycles. The first kappa shape index (κ1) is 23.2. The monoisotopic (exact) mass is 499 g/mol. The number of amides is 1. The number of furan rings is 1. The minimum absolute atomic E-state index is 0.171. The average Bonchev–Trinajstić information content (AvgIpc) is 3.32. The van der Waals surface area contributed by atoms with Gasteiger partial charge >= 0.3 is 0 Å². The van der Waals surface area contributed by atoms with Crippen LogP contribution in [0.2, 0.25) is 0 Å². The Morgan fingerprint density at radius 2 is 1.55 bits per heavy atom. The minimum atomic E-state index is -0.171. The van der Waals surface area contributed by atoms with Gasteiger partial charge in [0, 0.05) is 59.1 Å². The first-order valence-corrected chi connectivity index (χ1v) is 12.2. The molecule has 0 unspecified atom stereocenters. The molecule has 0 bridgehead atoms. The van der Waals surface area contributed by atoms with Crippen molar-refractivity contribution in [2.75, 3.05) is 29.6 Å². The molecule has 38 heavy (non-hydrogen) atoms. The van der Waals surface area contributed by atoms with E-state index in [9.17, 15) is 4.79 Å². The number of anilines is 4. The summed E-state index contributed by atoms with van der Waals surface area (Å²) in [6.07, 6.45) is 1.53. The Balaban J connectivity index is 1.23. The fraction of sp³-hybridized carbons (Fsp3) is 0.0645. The lowest BCUT2D eigenvalue weighted by Gasteiger charge is -2.13. The van der Waals surface area contributed by atoms with Crippen LogP contribution < -0.4 is 15.5 Å². The van der Waals surface area contributed by atoms with Crippen LogP contribution in [0.5, 0.6) is 0 Å². The van der Waals surface area contributed by atoms with Crippen molar-refractivity contribution in [1.29, 1.82) is 0 Å². The predicted octanol–water partition coefficient (Wildman–Crippen LogP) is 7.10. The highest BCUT2D eigenvalue weighted by Crippen LogP contribution is 2.35. The zero-order valence-electron chi connectivity index (χ0n) is 21.0. The normalized spacial score (nSPS) is 11.0. The first-order valence-electron chi connectivity index (χ1n) is 12.2. The van der Waals surface area contributed by atoms with E-state index in [0.717, 1.165) is 44.6 Å². The summed E-state index contributed by atoms with van der Waals surface area (Å²) < 4.78 is 6.18. The molecule has 6 rings (SSSR count). The largest absolute Gasteiger partial charge is 0.455 e. The number of carbonyl (C=O) groups is 1. The molecule has 0 saturated carbocycles. The molecule has 6 aromatic rings. The van der Waals surface area contributed by atoms with Crippen molar-refractivity contribution in [3.63, 3.8) is 0 Å². The molecule has 0 atom stereocenters. The molecular weight excluding hydrogens is 474 g/mol. The van der Waals surface area contributed by atoms with Gasteiger partial charge in [0.1, 0.15) is 23.3 Å². The van der Waals surface area contributed by atoms with Gasteiger partial charge < -0.3 is 20.0 Å². The van der Waals surface area contributed by atoms with Gasteiger partial charge in [-0.25, -0.2) is 9.97 Å². The predicted molar refractivity (Wildman–Crippen MR) is 153 cm³/mol. The number of nitrogens with zero attached hydrogens (tertiary/aromatic N) is 3. The molecule has 0 aliphatic heterocycles. The summed E-state index contributed by atoms with van der Waals surface area (Å²) >= 11 is 0. The number of aromatic nitrogens is 2. The van der Waals surface area contributed by atoms with Crippen LogP contribution in [0.3, 0.4) is 0 Å². The van der Waals surface area contributed by atoms with Crippen LogP contribution in [0.4, 0.5) is 22.9 Å². The minimum Gasteiger partial charge on any atom is -0.455 e. The molecule has 4 aromatic carbocycles. The number of para-hydroxylation sites is 2.